The lowest BCUT2D eigenvalue weighted by Crippen LogP contribution is -2.11. The lowest BCUT2D eigenvalue weighted by Gasteiger charge is -2.17. The number of aryl methyl sites for hydroxylation is 1. The van der Waals surface area contributed by atoms with Gasteiger partial charge in [-0.05, 0) is 36.2 Å². The molecule has 19 heavy (non-hydrogen) atoms. The molecular formula is C14H13BrN2O2. The van der Waals surface area contributed by atoms with Crippen molar-refractivity contribution < 1.29 is 9.90 Å². The van der Waals surface area contributed by atoms with Crippen molar-refractivity contribution in [2.24, 2.45) is 0 Å². The predicted molar refractivity (Wildman–Crippen MR) is 75.0 cm³/mol. The molecule has 2 rings (SSSR count). The van der Waals surface area contributed by atoms with Crippen molar-refractivity contribution in [1.82, 2.24) is 9.97 Å². The Morgan fingerprint density at radius 1 is 1.42 bits per heavy atom. The van der Waals surface area contributed by atoms with Crippen molar-refractivity contribution in [2.75, 3.05) is 0 Å². The van der Waals surface area contributed by atoms with Gasteiger partial charge in [-0.15, -0.1) is 0 Å². The van der Waals surface area contributed by atoms with Crippen LogP contribution in [-0.2, 0) is 4.79 Å². The molecule has 0 saturated heterocycles. The first-order valence-corrected chi connectivity index (χ1v) is 6.61. The van der Waals surface area contributed by atoms with E-state index in [4.69, 9.17) is 5.11 Å². The minimum absolute atomic E-state index is 0.00824. The molecule has 0 saturated carbocycles. The number of nitrogens with zero attached hydrogens (tertiary/aromatic N) is 2. The van der Waals surface area contributed by atoms with Gasteiger partial charge in [-0.25, -0.2) is 9.97 Å². The van der Waals surface area contributed by atoms with Gasteiger partial charge in [0.2, 0.25) is 0 Å². The zero-order chi connectivity index (χ0) is 13.8. The van der Waals surface area contributed by atoms with E-state index in [1.807, 2.05) is 25.1 Å². The minimum atomic E-state index is -0.844. The molecule has 0 radical (unpaired) electrons. The van der Waals surface area contributed by atoms with Crippen LogP contribution >= 0.6 is 15.9 Å². The van der Waals surface area contributed by atoms with E-state index >= 15 is 0 Å². The molecule has 1 heterocycles. The van der Waals surface area contributed by atoms with Crippen LogP contribution in [0.2, 0.25) is 0 Å². The van der Waals surface area contributed by atoms with Gasteiger partial charge >= 0.3 is 5.97 Å². The fourth-order valence-electron chi connectivity index (χ4n) is 2.04. The maximum Gasteiger partial charge on any atom is 0.304 e. The number of aromatic nitrogens is 2. The lowest BCUT2D eigenvalue weighted by atomic mass is 9.89. The molecule has 0 aliphatic rings. The third-order valence-corrected chi connectivity index (χ3v) is 3.45. The van der Waals surface area contributed by atoms with Crippen LogP contribution in [0, 0.1) is 6.92 Å². The first kappa shape index (κ1) is 13.7. The van der Waals surface area contributed by atoms with Gasteiger partial charge in [-0.2, -0.15) is 0 Å². The van der Waals surface area contributed by atoms with E-state index in [0.717, 1.165) is 21.3 Å². The summed E-state index contributed by atoms with van der Waals surface area (Å²) in [6.45, 7) is 1.97. The largest absolute Gasteiger partial charge is 0.481 e. The van der Waals surface area contributed by atoms with Crippen LogP contribution in [0.25, 0.3) is 0 Å². The van der Waals surface area contributed by atoms with Gasteiger partial charge in [-0.1, -0.05) is 22.0 Å². The van der Waals surface area contributed by atoms with Gasteiger partial charge in [0, 0.05) is 16.6 Å². The average Bonchev–Trinajstić information content (AvgIpc) is 2.40. The molecular weight excluding hydrogens is 308 g/mol. The monoisotopic (exact) mass is 320 g/mol. The highest BCUT2D eigenvalue weighted by molar-refractivity contribution is 9.10. The van der Waals surface area contributed by atoms with Gasteiger partial charge in [0.05, 0.1) is 12.1 Å². The van der Waals surface area contributed by atoms with Crippen LogP contribution in [0.1, 0.15) is 29.2 Å². The molecule has 2 aromatic rings. The Balaban J connectivity index is 2.48. The highest BCUT2D eigenvalue weighted by Crippen LogP contribution is 2.30. The van der Waals surface area contributed by atoms with Gasteiger partial charge in [-0.3, -0.25) is 4.79 Å². The highest BCUT2D eigenvalue weighted by atomic mass is 79.9. The third-order valence-electron chi connectivity index (χ3n) is 2.96. The van der Waals surface area contributed by atoms with Gasteiger partial charge in [0.1, 0.15) is 6.33 Å². The van der Waals surface area contributed by atoms with Crippen molar-refractivity contribution >= 4 is 21.9 Å². The number of aliphatic carboxylic acids is 1. The molecule has 5 heteroatoms. The standard InChI is InChI=1S/C14H13BrN2O2/c1-9-2-3-10(15)6-11(9)12(7-14(18)19)13-4-5-16-8-17-13/h2-6,8,12H,7H2,1H3,(H,18,19). The molecule has 1 aromatic heterocycles. The smallest absolute Gasteiger partial charge is 0.304 e. The van der Waals surface area contributed by atoms with E-state index in [-0.39, 0.29) is 12.3 Å². The van der Waals surface area contributed by atoms with Crippen LogP contribution in [0.3, 0.4) is 0 Å². The molecule has 0 aliphatic carbocycles. The zero-order valence-electron chi connectivity index (χ0n) is 10.4. The van der Waals surface area contributed by atoms with Gasteiger partial charge < -0.3 is 5.11 Å². The Morgan fingerprint density at radius 3 is 2.84 bits per heavy atom. The van der Waals surface area contributed by atoms with Crippen molar-refractivity contribution in [3.05, 3.63) is 58.1 Å². The summed E-state index contributed by atoms with van der Waals surface area (Å²) in [4.78, 5) is 19.2. The summed E-state index contributed by atoms with van der Waals surface area (Å²) in [6, 6.07) is 7.62. The second-order valence-corrected chi connectivity index (χ2v) is 5.20. The highest BCUT2D eigenvalue weighted by Gasteiger charge is 2.21. The molecule has 0 aliphatic heterocycles. The Morgan fingerprint density at radius 2 is 2.21 bits per heavy atom. The van der Waals surface area contributed by atoms with Crippen LogP contribution in [0.15, 0.2) is 41.3 Å². The topological polar surface area (TPSA) is 63.1 Å². The van der Waals surface area contributed by atoms with Crippen molar-refractivity contribution in [3.63, 3.8) is 0 Å². The quantitative estimate of drug-likeness (QED) is 0.939. The average molecular weight is 321 g/mol. The minimum Gasteiger partial charge on any atom is -0.481 e. The molecule has 98 valence electrons. The van der Waals surface area contributed by atoms with E-state index in [1.165, 1.54) is 6.33 Å². The lowest BCUT2D eigenvalue weighted by molar-refractivity contribution is -0.137. The number of carbonyl (C=O) groups is 1. The van der Waals surface area contributed by atoms with E-state index in [0.29, 0.717) is 0 Å². The number of hydrogen-bond acceptors (Lipinski definition) is 3. The van der Waals surface area contributed by atoms with Gasteiger partial charge in [0.15, 0.2) is 0 Å². The summed E-state index contributed by atoms with van der Waals surface area (Å²) in [5.74, 6) is -1.11. The van der Waals surface area contributed by atoms with Crippen LogP contribution in [0.4, 0.5) is 0 Å². The fourth-order valence-corrected chi connectivity index (χ4v) is 2.42. The number of carboxylic acids is 1. The van der Waals surface area contributed by atoms with Crippen LogP contribution in [0.5, 0.6) is 0 Å². The number of carboxylic acid groups (broad SMARTS) is 1. The first-order valence-electron chi connectivity index (χ1n) is 5.81. The Labute approximate surface area is 119 Å². The summed E-state index contributed by atoms with van der Waals surface area (Å²) < 4.78 is 0.928. The molecule has 4 nitrogen and oxygen atoms in total. The number of hydrogen-bond donors (Lipinski definition) is 1. The summed E-state index contributed by atoms with van der Waals surface area (Å²) in [5, 5.41) is 9.11. The molecule has 1 N–H and O–H groups in total. The molecule has 1 aromatic carbocycles. The van der Waals surface area contributed by atoms with E-state index < -0.39 is 5.97 Å². The van der Waals surface area contributed by atoms with E-state index in [9.17, 15) is 4.79 Å². The van der Waals surface area contributed by atoms with Crippen molar-refractivity contribution in [2.45, 2.75) is 19.3 Å². The second-order valence-electron chi connectivity index (χ2n) is 4.29. The molecule has 1 atom stereocenters. The van der Waals surface area contributed by atoms with E-state index in [1.54, 1.807) is 12.3 Å². The first-order chi connectivity index (χ1) is 9.08. The van der Waals surface area contributed by atoms with E-state index in [2.05, 4.69) is 25.9 Å². The summed E-state index contributed by atoms with van der Waals surface area (Å²) >= 11 is 3.42. The molecule has 1 unspecified atom stereocenters. The number of halogens is 1. The zero-order valence-corrected chi connectivity index (χ0v) is 12.0. The molecule has 0 amide bonds. The molecule has 0 fully saturated rings. The Bertz CT molecular complexity index is 587. The summed E-state index contributed by atoms with van der Waals surface area (Å²) in [6.07, 6.45) is 3.08. The maximum absolute atomic E-state index is 11.1. The maximum atomic E-state index is 11.1. The molecule has 0 bridgehead atoms. The van der Waals surface area contributed by atoms with Crippen molar-refractivity contribution in [3.8, 4) is 0 Å². The SMILES string of the molecule is Cc1ccc(Br)cc1C(CC(=O)O)c1ccncn1. The van der Waals surface area contributed by atoms with Crippen LogP contribution in [-0.4, -0.2) is 21.0 Å². The van der Waals surface area contributed by atoms with Crippen LogP contribution < -0.4 is 0 Å². The molecule has 0 spiro atoms. The summed E-state index contributed by atoms with van der Waals surface area (Å²) in [7, 11) is 0. The normalized spacial score (nSPS) is 12.1. The summed E-state index contributed by atoms with van der Waals surface area (Å²) in [5.41, 5.74) is 2.74. The number of benzene rings is 1. The number of rotatable bonds is 4. The predicted octanol–water partition coefficient (Wildman–Crippen LogP) is 3.15. The Hall–Kier alpha value is -1.75. The Kier molecular flexibility index (Phi) is 4.27. The third kappa shape index (κ3) is 3.38. The van der Waals surface area contributed by atoms with Gasteiger partial charge in [0.25, 0.3) is 0 Å². The van der Waals surface area contributed by atoms with Crippen molar-refractivity contribution in [1.29, 1.82) is 0 Å². The second kappa shape index (κ2) is 5.93. The fraction of sp³-hybridized carbons (Fsp3) is 0.214.